The molecule has 2 N–H and O–H groups in total. The van der Waals surface area contributed by atoms with Crippen LogP contribution in [-0.2, 0) is 9.53 Å². The molecule has 1 aliphatic rings. The van der Waals surface area contributed by atoms with Crippen LogP contribution >= 0.6 is 0 Å². The Hall–Kier alpha value is -0.610. The Morgan fingerprint density at radius 3 is 2.80 bits per heavy atom. The summed E-state index contributed by atoms with van der Waals surface area (Å²) in [7, 11) is 1.54. The molecule has 4 nitrogen and oxygen atoms in total. The molecule has 0 spiro atoms. The van der Waals surface area contributed by atoms with Crippen molar-refractivity contribution in [2.24, 2.45) is 5.92 Å². The maximum atomic E-state index is 10.5. The molecule has 10 heavy (non-hydrogen) atoms. The third-order valence-electron chi connectivity index (χ3n) is 1.78. The lowest BCUT2D eigenvalue weighted by Gasteiger charge is -2.11. The van der Waals surface area contributed by atoms with Gasteiger partial charge >= 0.3 is 5.97 Å². The van der Waals surface area contributed by atoms with E-state index in [1.807, 2.05) is 0 Å². The summed E-state index contributed by atoms with van der Waals surface area (Å²) in [5.41, 5.74) is 0. The van der Waals surface area contributed by atoms with Gasteiger partial charge in [-0.05, 0) is 0 Å². The number of aliphatic carboxylic acids is 1. The molecule has 0 aliphatic carbocycles. The summed E-state index contributed by atoms with van der Waals surface area (Å²) >= 11 is 0. The Kier molecular flexibility index (Phi) is 2.24. The molecule has 58 valence electrons. The average Bonchev–Trinajstić information content (AvgIpc) is 2.33. The van der Waals surface area contributed by atoms with Crippen LogP contribution in [-0.4, -0.2) is 37.4 Å². The number of hydrogen-bond acceptors (Lipinski definition) is 3. The Bertz CT molecular complexity index is 137. The standard InChI is InChI=1S/C6H11NO3/c1-10-5-3-7-2-4(5)6(8)9/h4-5,7H,2-3H2,1H3,(H,8,9)/t4-,5-/m1/s1. The monoisotopic (exact) mass is 145 g/mol. The van der Waals surface area contributed by atoms with Gasteiger partial charge < -0.3 is 15.2 Å². The van der Waals surface area contributed by atoms with Crippen LogP contribution in [0.3, 0.4) is 0 Å². The highest BCUT2D eigenvalue weighted by molar-refractivity contribution is 5.71. The van der Waals surface area contributed by atoms with Crippen molar-refractivity contribution in [2.45, 2.75) is 6.10 Å². The molecule has 0 radical (unpaired) electrons. The minimum absolute atomic E-state index is 0.155. The lowest BCUT2D eigenvalue weighted by molar-refractivity contribution is -0.144. The smallest absolute Gasteiger partial charge is 0.310 e. The molecule has 0 unspecified atom stereocenters. The van der Waals surface area contributed by atoms with Crippen LogP contribution in [0.2, 0.25) is 0 Å². The highest BCUT2D eigenvalue weighted by atomic mass is 16.5. The predicted octanol–water partition coefficient (Wildman–Crippen LogP) is -0.695. The van der Waals surface area contributed by atoms with Crippen LogP contribution in [0.15, 0.2) is 0 Å². The quantitative estimate of drug-likeness (QED) is 0.539. The molecular formula is C6H11NO3. The number of carboxylic acids is 1. The van der Waals surface area contributed by atoms with Gasteiger partial charge in [0.2, 0.25) is 0 Å². The van der Waals surface area contributed by atoms with E-state index >= 15 is 0 Å². The Labute approximate surface area is 59.2 Å². The van der Waals surface area contributed by atoms with E-state index in [4.69, 9.17) is 9.84 Å². The van der Waals surface area contributed by atoms with E-state index in [1.165, 1.54) is 7.11 Å². The fraction of sp³-hybridized carbons (Fsp3) is 0.833. The second-order valence-corrected chi connectivity index (χ2v) is 2.38. The molecule has 1 aliphatic heterocycles. The number of carboxylic acid groups (broad SMARTS) is 1. The van der Waals surface area contributed by atoms with Crippen LogP contribution < -0.4 is 5.32 Å². The highest BCUT2D eigenvalue weighted by Gasteiger charge is 2.32. The molecule has 2 atom stereocenters. The highest BCUT2D eigenvalue weighted by Crippen LogP contribution is 2.11. The molecule has 1 heterocycles. The lowest BCUT2D eigenvalue weighted by Crippen LogP contribution is -2.27. The summed E-state index contributed by atoms with van der Waals surface area (Å²) in [4.78, 5) is 10.5. The van der Waals surface area contributed by atoms with Gasteiger partial charge in [-0.2, -0.15) is 0 Å². The van der Waals surface area contributed by atoms with Gasteiger partial charge in [-0.25, -0.2) is 0 Å². The molecule has 1 fully saturated rings. The van der Waals surface area contributed by atoms with Crippen molar-refractivity contribution < 1.29 is 14.6 Å². The third-order valence-corrected chi connectivity index (χ3v) is 1.78. The minimum Gasteiger partial charge on any atom is -0.481 e. The molecular weight excluding hydrogens is 134 g/mol. The maximum absolute atomic E-state index is 10.5. The molecule has 0 aromatic rings. The topological polar surface area (TPSA) is 58.6 Å². The van der Waals surface area contributed by atoms with Crippen LogP contribution in [0.25, 0.3) is 0 Å². The normalized spacial score (nSPS) is 32.5. The van der Waals surface area contributed by atoms with Crippen LogP contribution in [0.5, 0.6) is 0 Å². The minimum atomic E-state index is -0.781. The van der Waals surface area contributed by atoms with Crippen LogP contribution in [0.4, 0.5) is 0 Å². The summed E-state index contributed by atoms with van der Waals surface area (Å²) in [6.45, 7) is 1.17. The number of rotatable bonds is 2. The molecule has 0 saturated carbocycles. The average molecular weight is 145 g/mol. The van der Waals surface area contributed by atoms with Crippen molar-refractivity contribution in [2.75, 3.05) is 20.2 Å². The summed E-state index contributed by atoms with van der Waals surface area (Å²) < 4.78 is 4.94. The number of nitrogens with one attached hydrogen (secondary N) is 1. The Morgan fingerprint density at radius 2 is 2.40 bits per heavy atom. The van der Waals surface area contributed by atoms with Crippen molar-refractivity contribution in [1.29, 1.82) is 0 Å². The van der Waals surface area contributed by atoms with Gasteiger partial charge in [0.25, 0.3) is 0 Å². The van der Waals surface area contributed by atoms with E-state index in [2.05, 4.69) is 5.32 Å². The first-order chi connectivity index (χ1) is 4.75. The van der Waals surface area contributed by atoms with Gasteiger partial charge in [0.05, 0.1) is 12.0 Å². The molecule has 0 aromatic carbocycles. The molecule has 1 saturated heterocycles. The first-order valence-corrected chi connectivity index (χ1v) is 3.22. The summed E-state index contributed by atoms with van der Waals surface area (Å²) in [5, 5.41) is 11.5. The second kappa shape index (κ2) is 2.98. The van der Waals surface area contributed by atoms with Gasteiger partial charge in [0.1, 0.15) is 0 Å². The zero-order chi connectivity index (χ0) is 7.56. The van der Waals surface area contributed by atoms with Crippen LogP contribution in [0.1, 0.15) is 0 Å². The first-order valence-electron chi connectivity index (χ1n) is 3.22. The van der Waals surface area contributed by atoms with E-state index in [1.54, 1.807) is 0 Å². The number of hydrogen-bond donors (Lipinski definition) is 2. The second-order valence-electron chi connectivity index (χ2n) is 2.38. The Balaban J connectivity index is 2.50. The van der Waals surface area contributed by atoms with Gasteiger partial charge in [-0.3, -0.25) is 4.79 Å². The first kappa shape index (κ1) is 7.50. The van der Waals surface area contributed by atoms with E-state index in [0.717, 1.165) is 0 Å². The number of ether oxygens (including phenoxy) is 1. The van der Waals surface area contributed by atoms with E-state index in [9.17, 15) is 4.79 Å². The third kappa shape index (κ3) is 1.27. The fourth-order valence-corrected chi connectivity index (χ4v) is 1.15. The van der Waals surface area contributed by atoms with Gasteiger partial charge in [-0.15, -0.1) is 0 Å². The zero-order valence-corrected chi connectivity index (χ0v) is 5.83. The molecule has 0 aromatic heterocycles. The summed E-state index contributed by atoms with van der Waals surface area (Å²) in [6.07, 6.45) is -0.155. The SMILES string of the molecule is CO[C@@H]1CNC[C@H]1C(=O)O. The van der Waals surface area contributed by atoms with Gasteiger partial charge in [0.15, 0.2) is 0 Å². The fourth-order valence-electron chi connectivity index (χ4n) is 1.15. The maximum Gasteiger partial charge on any atom is 0.310 e. The zero-order valence-electron chi connectivity index (χ0n) is 5.83. The van der Waals surface area contributed by atoms with Crippen molar-refractivity contribution in [3.05, 3.63) is 0 Å². The molecule has 0 amide bonds. The summed E-state index contributed by atoms with van der Waals surface area (Å²) in [5.74, 6) is -1.15. The Morgan fingerprint density at radius 1 is 1.70 bits per heavy atom. The largest absolute Gasteiger partial charge is 0.481 e. The van der Waals surface area contributed by atoms with Crippen LogP contribution in [0, 0.1) is 5.92 Å². The van der Waals surface area contributed by atoms with Crippen molar-refractivity contribution in [1.82, 2.24) is 5.32 Å². The van der Waals surface area contributed by atoms with Gasteiger partial charge in [0, 0.05) is 20.2 Å². The summed E-state index contributed by atoms with van der Waals surface area (Å²) in [6, 6.07) is 0. The van der Waals surface area contributed by atoms with Crippen molar-refractivity contribution in [3.8, 4) is 0 Å². The van der Waals surface area contributed by atoms with E-state index < -0.39 is 5.97 Å². The predicted molar refractivity (Wildman–Crippen MR) is 34.8 cm³/mol. The molecule has 0 bridgehead atoms. The molecule has 4 heteroatoms. The lowest BCUT2D eigenvalue weighted by atomic mass is 10.1. The molecule has 1 rings (SSSR count). The van der Waals surface area contributed by atoms with Gasteiger partial charge in [-0.1, -0.05) is 0 Å². The van der Waals surface area contributed by atoms with Crippen molar-refractivity contribution >= 4 is 5.97 Å². The number of methoxy groups -OCH3 is 1. The van der Waals surface area contributed by atoms with E-state index in [0.29, 0.717) is 13.1 Å². The van der Waals surface area contributed by atoms with E-state index in [-0.39, 0.29) is 12.0 Å². The number of carbonyl (C=O) groups is 1. The van der Waals surface area contributed by atoms with Crippen molar-refractivity contribution in [3.63, 3.8) is 0 Å².